The van der Waals surface area contributed by atoms with E-state index in [2.05, 4.69) is 15.4 Å². The summed E-state index contributed by atoms with van der Waals surface area (Å²) in [4.78, 5) is 16.8. The predicted molar refractivity (Wildman–Crippen MR) is 112 cm³/mol. The summed E-state index contributed by atoms with van der Waals surface area (Å²) in [6, 6.07) is 22.1. The summed E-state index contributed by atoms with van der Waals surface area (Å²) in [7, 11) is 0. The molecule has 1 amide bonds. The summed E-state index contributed by atoms with van der Waals surface area (Å²) >= 11 is 6.32. The summed E-state index contributed by atoms with van der Waals surface area (Å²) in [5.74, 6) is 0.336. The Labute approximate surface area is 172 Å². The fraction of sp³-hybridized carbons (Fsp3) is 0.0455. The van der Waals surface area contributed by atoms with Gasteiger partial charge in [0.2, 0.25) is 0 Å². The number of hydrogen-bond donors (Lipinski definition) is 1. The molecule has 144 valence electrons. The van der Waals surface area contributed by atoms with Crippen LogP contribution in [-0.2, 0) is 6.61 Å². The number of benzene rings is 3. The number of amides is 1. The van der Waals surface area contributed by atoms with Gasteiger partial charge in [0.15, 0.2) is 0 Å². The highest BCUT2D eigenvalue weighted by Crippen LogP contribution is 2.28. The maximum absolute atomic E-state index is 12.8. The Hall–Kier alpha value is -3.64. The maximum Gasteiger partial charge on any atom is 0.255 e. The van der Waals surface area contributed by atoms with Crippen LogP contribution in [0.5, 0.6) is 5.75 Å². The van der Waals surface area contributed by atoms with Gasteiger partial charge in [-0.05, 0) is 35.9 Å². The van der Waals surface area contributed by atoms with Gasteiger partial charge < -0.3 is 10.1 Å². The minimum atomic E-state index is -0.279. The number of carbonyl (C=O) groups is 1. The molecule has 0 fully saturated rings. The second-order valence-electron chi connectivity index (χ2n) is 6.23. The fourth-order valence-corrected chi connectivity index (χ4v) is 3.10. The van der Waals surface area contributed by atoms with Crippen LogP contribution in [0, 0.1) is 0 Å². The van der Waals surface area contributed by atoms with Gasteiger partial charge >= 0.3 is 0 Å². The second kappa shape index (κ2) is 8.58. The normalized spacial score (nSPS) is 10.5. The van der Waals surface area contributed by atoms with Gasteiger partial charge in [-0.3, -0.25) is 4.79 Å². The first-order chi connectivity index (χ1) is 14.2. The molecule has 4 rings (SSSR count). The molecule has 0 aliphatic rings. The van der Waals surface area contributed by atoms with Gasteiger partial charge in [0, 0.05) is 5.56 Å². The van der Waals surface area contributed by atoms with Crippen molar-refractivity contribution in [2.24, 2.45) is 0 Å². The molecule has 4 aromatic rings. The summed E-state index contributed by atoms with van der Waals surface area (Å²) in [5.41, 5.74) is 2.61. The fourth-order valence-electron chi connectivity index (χ4n) is 2.84. The number of ether oxygens (including phenoxy) is 1. The van der Waals surface area contributed by atoms with E-state index in [1.165, 1.54) is 17.3 Å². The third-order valence-electron chi connectivity index (χ3n) is 4.23. The van der Waals surface area contributed by atoms with Gasteiger partial charge in [0.25, 0.3) is 5.91 Å². The highest BCUT2D eigenvalue weighted by Gasteiger charge is 2.14. The largest absolute Gasteiger partial charge is 0.489 e. The SMILES string of the molecule is O=C(Nc1cccc(Cl)c1-n1cncn1)c1cccc(OCc2ccccc2)c1. The molecular formula is C22H17ClN4O2. The molecule has 1 N–H and O–H groups in total. The van der Waals surface area contributed by atoms with E-state index < -0.39 is 0 Å². The Balaban J connectivity index is 1.52. The lowest BCUT2D eigenvalue weighted by atomic mass is 10.2. The molecule has 0 saturated heterocycles. The van der Waals surface area contributed by atoms with Gasteiger partial charge in [-0.2, -0.15) is 5.10 Å². The monoisotopic (exact) mass is 404 g/mol. The van der Waals surface area contributed by atoms with E-state index in [0.29, 0.717) is 34.3 Å². The Kier molecular flexibility index (Phi) is 5.54. The predicted octanol–water partition coefficient (Wildman–Crippen LogP) is 4.75. The zero-order valence-corrected chi connectivity index (χ0v) is 16.1. The third kappa shape index (κ3) is 4.44. The standard InChI is InChI=1S/C22H17ClN4O2/c23-19-10-5-11-20(21(19)27-15-24-14-25-27)26-22(28)17-8-4-9-18(12-17)29-13-16-6-2-1-3-7-16/h1-12,14-15H,13H2,(H,26,28). The van der Waals surface area contributed by atoms with Gasteiger partial charge in [-0.15, -0.1) is 0 Å². The molecule has 29 heavy (non-hydrogen) atoms. The minimum Gasteiger partial charge on any atom is -0.489 e. The van der Waals surface area contributed by atoms with E-state index in [-0.39, 0.29) is 5.91 Å². The van der Waals surface area contributed by atoms with Crippen molar-refractivity contribution < 1.29 is 9.53 Å². The van der Waals surface area contributed by atoms with Gasteiger partial charge in [-0.1, -0.05) is 54.1 Å². The number of hydrogen-bond acceptors (Lipinski definition) is 4. The topological polar surface area (TPSA) is 69.0 Å². The summed E-state index contributed by atoms with van der Waals surface area (Å²) in [6.45, 7) is 0.427. The van der Waals surface area contributed by atoms with Crippen molar-refractivity contribution >= 4 is 23.2 Å². The molecule has 1 heterocycles. The molecule has 0 aliphatic heterocycles. The Morgan fingerprint density at radius 1 is 1.03 bits per heavy atom. The zero-order valence-electron chi connectivity index (χ0n) is 15.3. The summed E-state index contributed by atoms with van der Waals surface area (Å²) in [6.07, 6.45) is 2.93. The van der Waals surface area contributed by atoms with E-state index in [9.17, 15) is 4.79 Å². The van der Waals surface area contributed by atoms with E-state index in [0.717, 1.165) is 5.56 Å². The Morgan fingerprint density at radius 3 is 2.66 bits per heavy atom. The number of rotatable bonds is 6. The van der Waals surface area contributed by atoms with Gasteiger partial charge in [0.05, 0.1) is 10.7 Å². The van der Waals surface area contributed by atoms with Crippen molar-refractivity contribution in [3.8, 4) is 11.4 Å². The molecule has 1 aromatic heterocycles. The zero-order chi connectivity index (χ0) is 20.1. The Morgan fingerprint density at radius 2 is 1.86 bits per heavy atom. The molecule has 7 heteroatoms. The van der Waals surface area contributed by atoms with E-state index in [1.54, 1.807) is 36.4 Å². The maximum atomic E-state index is 12.8. The summed E-state index contributed by atoms with van der Waals surface area (Å²) in [5, 5.41) is 7.45. The molecule has 3 aromatic carbocycles. The van der Waals surface area contributed by atoms with Crippen LogP contribution in [0.25, 0.3) is 5.69 Å². The average Bonchev–Trinajstić information content (AvgIpc) is 3.28. The number of anilines is 1. The highest BCUT2D eigenvalue weighted by molar-refractivity contribution is 6.33. The lowest BCUT2D eigenvalue weighted by molar-refractivity contribution is 0.102. The van der Waals surface area contributed by atoms with Gasteiger partial charge in [0.1, 0.15) is 30.7 Å². The van der Waals surface area contributed by atoms with Crippen LogP contribution in [0.2, 0.25) is 5.02 Å². The molecule has 6 nitrogen and oxygen atoms in total. The van der Waals surface area contributed by atoms with E-state index in [1.807, 2.05) is 36.4 Å². The first-order valence-electron chi connectivity index (χ1n) is 8.92. The molecule has 0 saturated carbocycles. The number of nitrogens with one attached hydrogen (secondary N) is 1. The van der Waals surface area contributed by atoms with Crippen LogP contribution < -0.4 is 10.1 Å². The first kappa shape index (κ1) is 18.7. The first-order valence-corrected chi connectivity index (χ1v) is 9.30. The number of aromatic nitrogens is 3. The number of carbonyl (C=O) groups excluding carboxylic acids is 1. The van der Waals surface area contributed by atoms with Crippen LogP contribution in [0.1, 0.15) is 15.9 Å². The van der Waals surface area contributed by atoms with Crippen LogP contribution in [0.3, 0.4) is 0 Å². The van der Waals surface area contributed by atoms with Crippen LogP contribution in [0.4, 0.5) is 5.69 Å². The van der Waals surface area contributed by atoms with Crippen molar-refractivity contribution in [3.63, 3.8) is 0 Å². The summed E-state index contributed by atoms with van der Waals surface area (Å²) < 4.78 is 7.32. The molecule has 0 radical (unpaired) electrons. The molecule has 0 atom stereocenters. The number of halogens is 1. The molecule has 0 unspecified atom stereocenters. The van der Waals surface area contributed by atoms with E-state index in [4.69, 9.17) is 16.3 Å². The van der Waals surface area contributed by atoms with Crippen LogP contribution in [0.15, 0.2) is 85.5 Å². The molecule has 0 bridgehead atoms. The lowest BCUT2D eigenvalue weighted by Crippen LogP contribution is -2.14. The van der Waals surface area contributed by atoms with Crippen molar-refractivity contribution in [3.05, 3.63) is 102 Å². The second-order valence-corrected chi connectivity index (χ2v) is 6.64. The van der Waals surface area contributed by atoms with Crippen molar-refractivity contribution in [2.75, 3.05) is 5.32 Å². The lowest BCUT2D eigenvalue weighted by Gasteiger charge is -2.13. The van der Waals surface area contributed by atoms with Crippen molar-refractivity contribution in [1.82, 2.24) is 14.8 Å². The highest BCUT2D eigenvalue weighted by atomic mass is 35.5. The average molecular weight is 405 g/mol. The van der Waals surface area contributed by atoms with Crippen LogP contribution >= 0.6 is 11.6 Å². The smallest absolute Gasteiger partial charge is 0.255 e. The van der Waals surface area contributed by atoms with E-state index >= 15 is 0 Å². The van der Waals surface area contributed by atoms with Crippen molar-refractivity contribution in [1.29, 1.82) is 0 Å². The van der Waals surface area contributed by atoms with Gasteiger partial charge in [-0.25, -0.2) is 9.67 Å². The number of para-hydroxylation sites is 1. The molecule has 0 spiro atoms. The number of nitrogens with zero attached hydrogens (tertiary/aromatic N) is 3. The Bertz CT molecular complexity index is 1110. The minimum absolute atomic E-state index is 0.279. The molecule has 0 aliphatic carbocycles. The molecular weight excluding hydrogens is 388 g/mol. The quantitative estimate of drug-likeness (QED) is 0.503. The van der Waals surface area contributed by atoms with Crippen LogP contribution in [-0.4, -0.2) is 20.7 Å². The van der Waals surface area contributed by atoms with Crippen molar-refractivity contribution in [2.45, 2.75) is 6.61 Å². The third-order valence-corrected chi connectivity index (χ3v) is 4.53.